The molecule has 56 heavy (non-hydrogen) atoms. The number of para-hydroxylation sites is 2. The maximum atomic E-state index is 5.00. The lowest BCUT2D eigenvalue weighted by molar-refractivity contribution is 1.07. The van der Waals surface area contributed by atoms with E-state index in [1.807, 2.05) is 60.7 Å². The van der Waals surface area contributed by atoms with Gasteiger partial charge in [-0.1, -0.05) is 152 Å². The Balaban J connectivity index is 1.03. The van der Waals surface area contributed by atoms with Crippen LogP contribution in [0.3, 0.4) is 0 Å². The summed E-state index contributed by atoms with van der Waals surface area (Å²) in [5.74, 6) is 1.93. The summed E-state index contributed by atoms with van der Waals surface area (Å²) in [6.45, 7) is 0. The normalized spacial score (nSPS) is 11.6. The molecule has 0 saturated heterocycles. The lowest BCUT2D eigenvalue weighted by Gasteiger charge is -2.12. The number of H-pyrrole nitrogens is 1. The number of rotatable bonds is 6. The first-order chi connectivity index (χ1) is 27.7. The zero-order valence-electron chi connectivity index (χ0n) is 30.3. The number of nitrogens with one attached hydrogen (secondary N) is 1. The molecule has 0 amide bonds. The minimum Gasteiger partial charge on any atom is -0.354 e. The molecule has 0 unspecified atom stereocenters. The highest BCUT2D eigenvalue weighted by Gasteiger charge is 2.16. The molecule has 11 aromatic rings. The molecule has 5 nitrogen and oxygen atoms in total. The van der Waals surface area contributed by atoms with Gasteiger partial charge in [-0.3, -0.25) is 0 Å². The van der Waals surface area contributed by atoms with Crippen LogP contribution in [0, 0.1) is 0 Å². The standard InChI is InChI=1S/C51H33N5/c1-3-13-33(14-4-1)49-53-50(34-15-5-2-6-16-34)55-51(54-49)39-19-11-17-35(29-39)38-26-28-44-43-22-8-10-24-47(43)56(48(44)32-38)40-20-12-18-36(30-40)37-25-27-42-41-21-7-9-23-45(41)52-46(42)31-37/h1-32,52H. The third-order valence-corrected chi connectivity index (χ3v) is 10.8. The molecule has 1 N–H and O–H groups in total. The van der Waals surface area contributed by atoms with Gasteiger partial charge >= 0.3 is 0 Å². The van der Waals surface area contributed by atoms with Gasteiger partial charge in [-0.25, -0.2) is 15.0 Å². The van der Waals surface area contributed by atoms with E-state index in [1.54, 1.807) is 0 Å². The van der Waals surface area contributed by atoms with Gasteiger partial charge < -0.3 is 9.55 Å². The van der Waals surface area contributed by atoms with Gasteiger partial charge in [0.25, 0.3) is 0 Å². The Hall–Kier alpha value is -7.63. The first-order valence-corrected chi connectivity index (χ1v) is 18.9. The fraction of sp³-hybridized carbons (Fsp3) is 0. The highest BCUT2D eigenvalue weighted by Crippen LogP contribution is 2.37. The smallest absolute Gasteiger partial charge is 0.164 e. The van der Waals surface area contributed by atoms with Crippen molar-refractivity contribution >= 4 is 43.6 Å². The topological polar surface area (TPSA) is 59.4 Å². The average molecular weight is 716 g/mol. The van der Waals surface area contributed by atoms with Crippen molar-refractivity contribution in [3.8, 4) is 62.1 Å². The van der Waals surface area contributed by atoms with Crippen LogP contribution in [0.25, 0.3) is 106 Å². The summed E-state index contributed by atoms with van der Waals surface area (Å²) < 4.78 is 2.40. The molecule has 3 aromatic heterocycles. The number of aromatic amines is 1. The zero-order valence-corrected chi connectivity index (χ0v) is 30.3. The van der Waals surface area contributed by atoms with E-state index in [2.05, 4.69) is 143 Å². The number of aromatic nitrogens is 5. The fourth-order valence-corrected chi connectivity index (χ4v) is 8.06. The van der Waals surface area contributed by atoms with Crippen LogP contribution >= 0.6 is 0 Å². The molecule has 0 aliphatic heterocycles. The lowest BCUT2D eigenvalue weighted by Crippen LogP contribution is -2.00. The van der Waals surface area contributed by atoms with Crippen LogP contribution in [0.1, 0.15) is 0 Å². The van der Waals surface area contributed by atoms with Gasteiger partial charge in [-0.15, -0.1) is 0 Å². The molecule has 0 bridgehead atoms. The second kappa shape index (κ2) is 13.0. The molecule has 0 fully saturated rings. The average Bonchev–Trinajstić information content (AvgIpc) is 3.82. The van der Waals surface area contributed by atoms with Crippen molar-refractivity contribution in [1.82, 2.24) is 24.5 Å². The number of fused-ring (bicyclic) bond motifs is 6. The van der Waals surface area contributed by atoms with Gasteiger partial charge in [0.15, 0.2) is 17.5 Å². The minimum atomic E-state index is 0.636. The highest BCUT2D eigenvalue weighted by atomic mass is 15.0. The predicted molar refractivity (Wildman–Crippen MR) is 231 cm³/mol. The van der Waals surface area contributed by atoms with Gasteiger partial charge in [0.05, 0.1) is 11.0 Å². The summed E-state index contributed by atoms with van der Waals surface area (Å²) in [5, 5.41) is 4.92. The van der Waals surface area contributed by atoms with Crippen molar-refractivity contribution in [1.29, 1.82) is 0 Å². The Labute approximate surface area is 323 Å². The number of hydrogen-bond donors (Lipinski definition) is 1. The molecule has 0 spiro atoms. The van der Waals surface area contributed by atoms with Crippen molar-refractivity contribution < 1.29 is 0 Å². The summed E-state index contributed by atoms with van der Waals surface area (Å²) in [6, 6.07) is 68.3. The monoisotopic (exact) mass is 715 g/mol. The maximum absolute atomic E-state index is 5.00. The quantitative estimate of drug-likeness (QED) is 0.186. The van der Waals surface area contributed by atoms with Crippen LogP contribution in [0.2, 0.25) is 0 Å². The fourth-order valence-electron chi connectivity index (χ4n) is 8.06. The largest absolute Gasteiger partial charge is 0.354 e. The molecule has 0 aliphatic carbocycles. The van der Waals surface area contributed by atoms with Gasteiger partial charge in [0.1, 0.15) is 0 Å². The predicted octanol–water partition coefficient (Wildman–Crippen LogP) is 12.9. The molecular weight excluding hydrogens is 683 g/mol. The van der Waals surface area contributed by atoms with Crippen molar-refractivity contribution in [3.05, 3.63) is 194 Å². The van der Waals surface area contributed by atoms with E-state index in [1.165, 1.54) is 38.2 Å². The molecule has 11 rings (SSSR count). The Morgan fingerprint density at radius 2 is 0.804 bits per heavy atom. The van der Waals surface area contributed by atoms with Crippen molar-refractivity contribution in [3.63, 3.8) is 0 Å². The van der Waals surface area contributed by atoms with E-state index in [9.17, 15) is 0 Å². The molecule has 0 aliphatic rings. The molecule has 5 heteroatoms. The first kappa shape index (κ1) is 31.9. The van der Waals surface area contributed by atoms with Crippen LogP contribution in [0.15, 0.2) is 194 Å². The maximum Gasteiger partial charge on any atom is 0.164 e. The van der Waals surface area contributed by atoms with Crippen molar-refractivity contribution in [2.45, 2.75) is 0 Å². The minimum absolute atomic E-state index is 0.636. The third kappa shape index (κ3) is 5.45. The Morgan fingerprint density at radius 3 is 1.55 bits per heavy atom. The Morgan fingerprint density at radius 1 is 0.304 bits per heavy atom. The summed E-state index contributed by atoms with van der Waals surface area (Å²) in [4.78, 5) is 18.5. The van der Waals surface area contributed by atoms with Crippen LogP contribution < -0.4 is 0 Å². The second-order valence-corrected chi connectivity index (χ2v) is 14.2. The van der Waals surface area contributed by atoms with Crippen LogP contribution in [0.4, 0.5) is 0 Å². The number of benzene rings is 8. The Bertz CT molecular complexity index is 3190. The molecule has 0 radical (unpaired) electrons. The molecule has 3 heterocycles. The van der Waals surface area contributed by atoms with Crippen LogP contribution in [-0.2, 0) is 0 Å². The van der Waals surface area contributed by atoms with E-state index in [4.69, 9.17) is 15.0 Å². The first-order valence-electron chi connectivity index (χ1n) is 18.9. The molecule has 8 aromatic carbocycles. The molecule has 0 saturated carbocycles. The summed E-state index contributed by atoms with van der Waals surface area (Å²) in [6.07, 6.45) is 0. The van der Waals surface area contributed by atoms with Gasteiger partial charge in [0.2, 0.25) is 0 Å². The van der Waals surface area contributed by atoms with Crippen molar-refractivity contribution in [2.24, 2.45) is 0 Å². The Kier molecular flexibility index (Phi) is 7.42. The third-order valence-electron chi connectivity index (χ3n) is 10.8. The van der Waals surface area contributed by atoms with E-state index in [0.29, 0.717) is 17.5 Å². The van der Waals surface area contributed by atoms with Crippen molar-refractivity contribution in [2.75, 3.05) is 0 Å². The summed E-state index contributed by atoms with van der Waals surface area (Å²) >= 11 is 0. The number of hydrogen-bond acceptors (Lipinski definition) is 3. The van der Waals surface area contributed by atoms with Gasteiger partial charge in [-0.2, -0.15) is 0 Å². The number of nitrogens with zero attached hydrogens (tertiary/aromatic N) is 4. The van der Waals surface area contributed by atoms with Crippen LogP contribution in [0.5, 0.6) is 0 Å². The molecule has 0 atom stereocenters. The van der Waals surface area contributed by atoms with Crippen LogP contribution in [-0.4, -0.2) is 24.5 Å². The van der Waals surface area contributed by atoms with Gasteiger partial charge in [0, 0.05) is 55.0 Å². The van der Waals surface area contributed by atoms with E-state index in [0.717, 1.165) is 50.1 Å². The SMILES string of the molecule is c1ccc(-c2nc(-c3ccccc3)nc(-c3cccc(-c4ccc5c6ccccc6n(-c6cccc(-c7ccc8c(c7)[nH]c7ccccc78)c6)c5c4)c3)n2)cc1. The van der Waals surface area contributed by atoms with E-state index in [-0.39, 0.29) is 0 Å². The summed E-state index contributed by atoms with van der Waals surface area (Å²) in [7, 11) is 0. The molecule has 262 valence electrons. The summed E-state index contributed by atoms with van der Waals surface area (Å²) in [5.41, 5.74) is 13.1. The van der Waals surface area contributed by atoms with Gasteiger partial charge in [-0.05, 0) is 64.7 Å². The molecular formula is C51H33N5. The van der Waals surface area contributed by atoms with E-state index < -0.39 is 0 Å². The second-order valence-electron chi connectivity index (χ2n) is 14.2. The van der Waals surface area contributed by atoms with E-state index >= 15 is 0 Å². The lowest BCUT2D eigenvalue weighted by atomic mass is 10.0. The highest BCUT2D eigenvalue weighted by molar-refractivity contribution is 6.11. The zero-order chi connectivity index (χ0) is 37.0.